The highest BCUT2D eigenvalue weighted by molar-refractivity contribution is 7.80. The highest BCUT2D eigenvalue weighted by Gasteiger charge is 2.42. The minimum Gasteiger partial charge on any atom is -0.393 e. The third-order valence-corrected chi connectivity index (χ3v) is 2.44. The van der Waals surface area contributed by atoms with E-state index in [1.807, 2.05) is 13.8 Å². The Morgan fingerprint density at radius 2 is 1.94 bits per heavy atom. The van der Waals surface area contributed by atoms with Crippen LogP contribution in [0.3, 0.4) is 0 Å². The van der Waals surface area contributed by atoms with Gasteiger partial charge in [-0.05, 0) is 20.9 Å². The zero-order valence-corrected chi connectivity index (χ0v) is 11.1. The maximum absolute atomic E-state index is 12.6. The first-order chi connectivity index (χ1) is 7.64. The number of nitrogens with zero attached hydrogens (tertiary/aromatic N) is 1. The molecule has 0 aliphatic rings. The number of hydrogen-bond donors (Lipinski definition) is 1. The third kappa shape index (κ3) is 7.51. The van der Waals surface area contributed by atoms with Gasteiger partial charge in [0.15, 0.2) is 0 Å². The minimum absolute atomic E-state index is 0.0670. The number of halogens is 3. The number of likely N-dealkylation sites (N-methyl/N-ethyl adjacent to an activating group) is 1. The average Bonchev–Trinajstić information content (AvgIpc) is 2.11. The molecular weight excluding hydrogens is 253 g/mol. The highest BCUT2D eigenvalue weighted by atomic mass is 32.1. The van der Waals surface area contributed by atoms with Crippen molar-refractivity contribution in [1.29, 1.82) is 0 Å². The Morgan fingerprint density at radius 3 is 2.29 bits per heavy atom. The highest BCUT2D eigenvalue weighted by Crippen LogP contribution is 2.27. The Balaban J connectivity index is 4.14. The normalized spacial score (nSPS) is 14.4. The van der Waals surface area contributed by atoms with E-state index in [2.05, 4.69) is 12.2 Å². The molecule has 0 radical (unpaired) electrons. The van der Waals surface area contributed by atoms with E-state index in [9.17, 15) is 13.2 Å². The van der Waals surface area contributed by atoms with Gasteiger partial charge in [-0.15, -0.1) is 0 Å². The van der Waals surface area contributed by atoms with Crippen molar-refractivity contribution in [2.24, 2.45) is 11.7 Å². The van der Waals surface area contributed by atoms with Crippen LogP contribution in [0, 0.1) is 5.92 Å². The molecule has 2 N–H and O–H groups in total. The molecule has 0 aromatic carbocycles. The van der Waals surface area contributed by atoms with E-state index < -0.39 is 17.1 Å². The van der Waals surface area contributed by atoms with Crippen molar-refractivity contribution in [3.8, 4) is 0 Å². The Labute approximate surface area is 105 Å². The summed E-state index contributed by atoms with van der Waals surface area (Å²) in [4.78, 5) is 0.994. The first-order valence-electron chi connectivity index (χ1n) is 5.30. The summed E-state index contributed by atoms with van der Waals surface area (Å²) in [5.74, 6) is -1.76. The van der Waals surface area contributed by atoms with Gasteiger partial charge in [0.1, 0.15) is 5.92 Å². The van der Waals surface area contributed by atoms with E-state index in [-0.39, 0.29) is 12.6 Å². The predicted octanol–water partition coefficient (Wildman–Crippen LogP) is 1.81. The quantitative estimate of drug-likeness (QED) is 0.717. The summed E-state index contributed by atoms with van der Waals surface area (Å²) in [5.41, 5.74) is 5.10. The monoisotopic (exact) mass is 272 g/mol. The molecule has 0 saturated heterocycles. The Kier molecular flexibility index (Phi) is 6.96. The lowest BCUT2D eigenvalue weighted by Gasteiger charge is -2.25. The number of thiocarbonyl (C=S) groups is 1. The zero-order chi connectivity index (χ0) is 13.6. The SMILES string of the molecule is CC(C)OCCN(C)CC(C(N)=S)C(F)(F)F. The Bertz CT molecular complexity index is 246. The molecule has 0 aliphatic heterocycles. The lowest BCUT2D eigenvalue weighted by molar-refractivity contribution is -0.158. The minimum atomic E-state index is -4.39. The topological polar surface area (TPSA) is 38.5 Å². The molecule has 17 heavy (non-hydrogen) atoms. The van der Waals surface area contributed by atoms with Gasteiger partial charge < -0.3 is 15.4 Å². The van der Waals surface area contributed by atoms with Gasteiger partial charge in [0.2, 0.25) is 0 Å². The molecule has 0 heterocycles. The number of nitrogens with two attached hydrogens (primary N) is 1. The second-order valence-corrected chi connectivity index (χ2v) is 4.65. The van der Waals surface area contributed by atoms with Crippen LogP contribution in [0.1, 0.15) is 13.8 Å². The molecule has 0 aromatic heterocycles. The molecule has 3 nitrogen and oxygen atoms in total. The first kappa shape index (κ1) is 16.6. The number of alkyl halides is 3. The second kappa shape index (κ2) is 7.13. The molecule has 0 aromatic rings. The molecule has 0 fully saturated rings. The molecule has 0 spiro atoms. The van der Waals surface area contributed by atoms with Gasteiger partial charge in [-0.2, -0.15) is 13.2 Å². The van der Waals surface area contributed by atoms with Crippen molar-refractivity contribution in [3.63, 3.8) is 0 Å². The van der Waals surface area contributed by atoms with Crippen LogP contribution >= 0.6 is 12.2 Å². The first-order valence-corrected chi connectivity index (χ1v) is 5.71. The van der Waals surface area contributed by atoms with Crippen LogP contribution in [0.4, 0.5) is 13.2 Å². The van der Waals surface area contributed by atoms with Crippen LogP contribution in [0.5, 0.6) is 0 Å². The second-order valence-electron chi connectivity index (χ2n) is 4.18. The van der Waals surface area contributed by atoms with Crippen molar-refractivity contribution in [2.45, 2.75) is 26.1 Å². The van der Waals surface area contributed by atoms with E-state index in [0.717, 1.165) is 0 Å². The van der Waals surface area contributed by atoms with E-state index in [4.69, 9.17) is 10.5 Å². The molecule has 0 amide bonds. The number of rotatable bonds is 7. The van der Waals surface area contributed by atoms with Crippen molar-refractivity contribution in [3.05, 3.63) is 0 Å². The fourth-order valence-electron chi connectivity index (χ4n) is 1.20. The van der Waals surface area contributed by atoms with E-state index in [0.29, 0.717) is 13.2 Å². The Hall–Kier alpha value is -0.400. The molecular formula is C10H19F3N2OS. The van der Waals surface area contributed by atoms with Crippen LogP contribution in [-0.4, -0.2) is 48.9 Å². The third-order valence-electron chi connectivity index (χ3n) is 2.16. The summed E-state index contributed by atoms with van der Waals surface area (Å²) in [5, 5.41) is 0. The van der Waals surface area contributed by atoms with E-state index in [1.165, 1.54) is 4.90 Å². The van der Waals surface area contributed by atoms with Gasteiger partial charge in [-0.3, -0.25) is 0 Å². The molecule has 0 bridgehead atoms. The lowest BCUT2D eigenvalue weighted by Crippen LogP contribution is -2.43. The van der Waals surface area contributed by atoms with Crippen LogP contribution < -0.4 is 5.73 Å². The smallest absolute Gasteiger partial charge is 0.393 e. The van der Waals surface area contributed by atoms with Crippen molar-refractivity contribution >= 4 is 17.2 Å². The van der Waals surface area contributed by atoms with E-state index >= 15 is 0 Å². The summed E-state index contributed by atoms with van der Waals surface area (Å²) in [6.45, 7) is 4.30. The molecule has 0 rings (SSSR count). The van der Waals surface area contributed by atoms with Gasteiger partial charge in [-0.25, -0.2) is 0 Å². The summed E-state index contributed by atoms with van der Waals surface area (Å²) in [6, 6.07) is 0. The van der Waals surface area contributed by atoms with Gasteiger partial charge in [0.25, 0.3) is 0 Å². The number of ether oxygens (including phenoxy) is 1. The number of hydrogen-bond acceptors (Lipinski definition) is 3. The summed E-state index contributed by atoms with van der Waals surface area (Å²) in [7, 11) is 1.58. The zero-order valence-electron chi connectivity index (χ0n) is 10.3. The molecule has 102 valence electrons. The van der Waals surface area contributed by atoms with Crippen molar-refractivity contribution < 1.29 is 17.9 Å². The standard InChI is InChI=1S/C10H19F3N2OS/c1-7(2)16-5-4-15(3)6-8(9(14)17)10(11,12)13/h7-8H,4-6H2,1-3H3,(H2,14,17). The van der Waals surface area contributed by atoms with Gasteiger partial charge >= 0.3 is 6.18 Å². The molecule has 0 aliphatic carbocycles. The largest absolute Gasteiger partial charge is 0.399 e. The average molecular weight is 272 g/mol. The van der Waals surface area contributed by atoms with Crippen LogP contribution in [0.15, 0.2) is 0 Å². The van der Waals surface area contributed by atoms with Gasteiger partial charge in [0, 0.05) is 13.1 Å². The van der Waals surface area contributed by atoms with Gasteiger partial charge in [0.05, 0.1) is 17.7 Å². The summed E-state index contributed by atoms with van der Waals surface area (Å²) < 4.78 is 42.9. The lowest BCUT2D eigenvalue weighted by atomic mass is 10.1. The maximum atomic E-state index is 12.6. The molecule has 7 heteroatoms. The summed E-state index contributed by atoms with van der Waals surface area (Å²) >= 11 is 4.44. The molecule has 1 atom stereocenters. The fraction of sp³-hybridized carbons (Fsp3) is 0.900. The fourth-order valence-corrected chi connectivity index (χ4v) is 1.41. The van der Waals surface area contributed by atoms with Gasteiger partial charge in [-0.1, -0.05) is 12.2 Å². The summed E-state index contributed by atoms with van der Waals surface area (Å²) in [6.07, 6.45) is -4.32. The predicted molar refractivity (Wildman–Crippen MR) is 64.9 cm³/mol. The van der Waals surface area contributed by atoms with Crippen LogP contribution in [0.2, 0.25) is 0 Å². The van der Waals surface area contributed by atoms with E-state index in [1.54, 1.807) is 7.05 Å². The van der Waals surface area contributed by atoms with Crippen molar-refractivity contribution in [2.75, 3.05) is 26.7 Å². The molecule has 1 unspecified atom stereocenters. The molecule has 0 saturated carbocycles. The van der Waals surface area contributed by atoms with Crippen molar-refractivity contribution in [1.82, 2.24) is 4.90 Å². The van der Waals surface area contributed by atoms with Crippen LogP contribution in [-0.2, 0) is 4.74 Å². The van der Waals surface area contributed by atoms with Crippen LogP contribution in [0.25, 0.3) is 0 Å². The Morgan fingerprint density at radius 1 is 1.41 bits per heavy atom. The maximum Gasteiger partial charge on any atom is 0.399 e.